The van der Waals surface area contributed by atoms with Crippen LogP contribution in [0.2, 0.25) is 0 Å². The van der Waals surface area contributed by atoms with Gasteiger partial charge in [-0.25, -0.2) is 0 Å². The topological polar surface area (TPSA) is 41.1 Å². The Morgan fingerprint density at radius 3 is 2.88 bits per heavy atom. The van der Waals surface area contributed by atoms with E-state index in [0.717, 1.165) is 23.1 Å². The van der Waals surface area contributed by atoms with Crippen LogP contribution in [0, 0.1) is 12.8 Å². The van der Waals surface area contributed by atoms with Crippen LogP contribution in [0.3, 0.4) is 0 Å². The fourth-order valence-electron chi connectivity index (χ4n) is 2.16. The predicted molar refractivity (Wildman–Crippen MR) is 73.1 cm³/mol. The van der Waals surface area contributed by atoms with Crippen LogP contribution in [0.15, 0.2) is 22.7 Å². The predicted octanol–water partition coefficient (Wildman–Crippen LogP) is 2.69. The van der Waals surface area contributed by atoms with Gasteiger partial charge in [0.2, 0.25) is 5.91 Å². The molecule has 0 spiro atoms. The maximum absolute atomic E-state index is 12.1. The Labute approximate surface area is 110 Å². The molecule has 92 valence electrons. The highest BCUT2D eigenvalue weighted by Gasteiger charge is 2.29. The Morgan fingerprint density at radius 1 is 1.53 bits per heavy atom. The summed E-state index contributed by atoms with van der Waals surface area (Å²) < 4.78 is 0.935. The van der Waals surface area contributed by atoms with E-state index in [1.54, 1.807) is 0 Å². The second-order valence-corrected chi connectivity index (χ2v) is 5.46. The highest BCUT2D eigenvalue weighted by molar-refractivity contribution is 9.10. The number of nitrogens with one attached hydrogen (secondary N) is 2. The van der Waals surface area contributed by atoms with Crippen LogP contribution in [-0.2, 0) is 4.79 Å². The maximum Gasteiger partial charge on any atom is 0.229 e. The molecule has 4 heteroatoms. The molecule has 1 aromatic carbocycles. The first-order valence-corrected chi connectivity index (χ1v) is 6.67. The summed E-state index contributed by atoms with van der Waals surface area (Å²) in [5.41, 5.74) is 2.02. The van der Waals surface area contributed by atoms with E-state index in [1.165, 1.54) is 5.56 Å². The highest BCUT2D eigenvalue weighted by atomic mass is 79.9. The standard InChI is InChI=1S/C13H17BrN2O/c1-8-3-4-12(11(14)7-8)16-13(17)10-5-6-15-9(10)2/h3-4,7,9-10,15H,5-6H2,1-2H3,(H,16,17). The van der Waals surface area contributed by atoms with E-state index in [4.69, 9.17) is 0 Å². The quantitative estimate of drug-likeness (QED) is 0.881. The number of halogens is 1. The molecule has 2 atom stereocenters. The first-order chi connectivity index (χ1) is 8.08. The van der Waals surface area contributed by atoms with Gasteiger partial charge in [-0.1, -0.05) is 6.07 Å². The molecular formula is C13H17BrN2O. The van der Waals surface area contributed by atoms with Crippen LogP contribution in [-0.4, -0.2) is 18.5 Å². The molecule has 1 heterocycles. The van der Waals surface area contributed by atoms with Crippen LogP contribution >= 0.6 is 15.9 Å². The Morgan fingerprint density at radius 2 is 2.29 bits per heavy atom. The van der Waals surface area contributed by atoms with Crippen molar-refractivity contribution in [2.24, 2.45) is 5.92 Å². The lowest BCUT2D eigenvalue weighted by Crippen LogP contribution is -2.32. The van der Waals surface area contributed by atoms with Crippen molar-refractivity contribution in [2.75, 3.05) is 11.9 Å². The zero-order valence-corrected chi connectivity index (χ0v) is 11.7. The van der Waals surface area contributed by atoms with Crippen molar-refractivity contribution in [3.05, 3.63) is 28.2 Å². The van der Waals surface area contributed by atoms with E-state index in [2.05, 4.69) is 33.5 Å². The molecule has 0 radical (unpaired) electrons. The van der Waals surface area contributed by atoms with Crippen molar-refractivity contribution in [3.8, 4) is 0 Å². The van der Waals surface area contributed by atoms with Crippen LogP contribution in [0.1, 0.15) is 18.9 Å². The normalized spacial score (nSPS) is 23.7. The fourth-order valence-corrected chi connectivity index (χ4v) is 2.76. The van der Waals surface area contributed by atoms with Gasteiger partial charge in [-0.15, -0.1) is 0 Å². The van der Waals surface area contributed by atoms with Crippen molar-refractivity contribution in [1.29, 1.82) is 0 Å². The summed E-state index contributed by atoms with van der Waals surface area (Å²) >= 11 is 3.47. The number of anilines is 1. The SMILES string of the molecule is Cc1ccc(NC(=O)C2CCNC2C)c(Br)c1. The number of amides is 1. The van der Waals surface area contributed by atoms with Crippen LogP contribution in [0.25, 0.3) is 0 Å². The number of hydrogen-bond acceptors (Lipinski definition) is 2. The Hall–Kier alpha value is -0.870. The minimum atomic E-state index is 0.0724. The molecule has 17 heavy (non-hydrogen) atoms. The van der Waals surface area contributed by atoms with Crippen molar-refractivity contribution in [3.63, 3.8) is 0 Å². The lowest BCUT2D eigenvalue weighted by Gasteiger charge is -2.15. The van der Waals surface area contributed by atoms with Gasteiger partial charge in [0.1, 0.15) is 0 Å². The molecule has 1 fully saturated rings. The molecule has 1 aliphatic heterocycles. The molecule has 0 aromatic heterocycles. The number of rotatable bonds is 2. The molecule has 0 bridgehead atoms. The Kier molecular flexibility index (Phi) is 3.84. The zero-order valence-electron chi connectivity index (χ0n) is 10.1. The van der Waals surface area contributed by atoms with E-state index in [0.29, 0.717) is 0 Å². The summed E-state index contributed by atoms with van der Waals surface area (Å²) in [6, 6.07) is 6.20. The molecule has 0 aliphatic carbocycles. The Balaban J connectivity index is 2.07. The van der Waals surface area contributed by atoms with Crippen molar-refractivity contribution in [1.82, 2.24) is 5.32 Å². The number of hydrogen-bond donors (Lipinski definition) is 2. The lowest BCUT2D eigenvalue weighted by molar-refractivity contribution is -0.120. The molecule has 2 rings (SSSR count). The molecule has 3 nitrogen and oxygen atoms in total. The fraction of sp³-hybridized carbons (Fsp3) is 0.462. The molecule has 1 aliphatic rings. The van der Waals surface area contributed by atoms with Gasteiger partial charge in [-0.3, -0.25) is 4.79 Å². The van der Waals surface area contributed by atoms with E-state index >= 15 is 0 Å². The summed E-state index contributed by atoms with van der Waals surface area (Å²) in [7, 11) is 0. The third kappa shape index (κ3) is 2.87. The average molecular weight is 297 g/mol. The summed E-state index contributed by atoms with van der Waals surface area (Å²) in [4.78, 5) is 12.1. The molecule has 2 N–H and O–H groups in total. The van der Waals surface area contributed by atoms with Gasteiger partial charge in [0.15, 0.2) is 0 Å². The van der Waals surface area contributed by atoms with Crippen LogP contribution < -0.4 is 10.6 Å². The molecule has 2 unspecified atom stereocenters. The summed E-state index contributed by atoms with van der Waals surface area (Å²) in [5.74, 6) is 0.176. The van der Waals surface area contributed by atoms with Gasteiger partial charge in [0, 0.05) is 10.5 Å². The second kappa shape index (κ2) is 5.19. The summed E-state index contributed by atoms with van der Waals surface area (Å²) in [6.07, 6.45) is 0.913. The minimum Gasteiger partial charge on any atom is -0.325 e. The van der Waals surface area contributed by atoms with E-state index in [-0.39, 0.29) is 17.9 Å². The number of carbonyl (C=O) groups is 1. The third-order valence-corrected chi connectivity index (χ3v) is 3.90. The van der Waals surface area contributed by atoms with Crippen LogP contribution in [0.5, 0.6) is 0 Å². The largest absolute Gasteiger partial charge is 0.325 e. The van der Waals surface area contributed by atoms with Crippen molar-refractivity contribution >= 4 is 27.5 Å². The molecule has 0 saturated carbocycles. The lowest BCUT2D eigenvalue weighted by atomic mass is 10.0. The summed E-state index contributed by atoms with van der Waals surface area (Å²) in [6.45, 7) is 5.01. The second-order valence-electron chi connectivity index (χ2n) is 4.61. The smallest absolute Gasteiger partial charge is 0.229 e. The van der Waals surface area contributed by atoms with Gasteiger partial charge in [-0.05, 0) is 60.4 Å². The van der Waals surface area contributed by atoms with Crippen molar-refractivity contribution < 1.29 is 4.79 Å². The van der Waals surface area contributed by atoms with E-state index in [9.17, 15) is 4.79 Å². The molecule has 1 aromatic rings. The van der Waals surface area contributed by atoms with Gasteiger partial charge in [0.25, 0.3) is 0 Å². The minimum absolute atomic E-state index is 0.0724. The summed E-state index contributed by atoms with van der Waals surface area (Å²) in [5, 5.41) is 6.27. The number of aryl methyl sites for hydroxylation is 1. The van der Waals surface area contributed by atoms with Crippen molar-refractivity contribution in [2.45, 2.75) is 26.3 Å². The van der Waals surface area contributed by atoms with Gasteiger partial charge >= 0.3 is 0 Å². The first kappa shape index (κ1) is 12.6. The molecule has 1 amide bonds. The van der Waals surface area contributed by atoms with Crippen LogP contribution in [0.4, 0.5) is 5.69 Å². The first-order valence-electron chi connectivity index (χ1n) is 5.88. The number of benzene rings is 1. The zero-order chi connectivity index (χ0) is 12.4. The van der Waals surface area contributed by atoms with Gasteiger partial charge in [-0.2, -0.15) is 0 Å². The number of carbonyl (C=O) groups excluding carboxylic acids is 1. The monoisotopic (exact) mass is 296 g/mol. The Bertz CT molecular complexity index is 433. The maximum atomic E-state index is 12.1. The van der Waals surface area contributed by atoms with E-state index in [1.807, 2.05) is 25.1 Å². The average Bonchev–Trinajstić information content (AvgIpc) is 2.68. The van der Waals surface area contributed by atoms with Gasteiger partial charge < -0.3 is 10.6 Å². The molecular weight excluding hydrogens is 280 g/mol. The molecule has 1 saturated heterocycles. The van der Waals surface area contributed by atoms with E-state index < -0.39 is 0 Å². The van der Waals surface area contributed by atoms with Gasteiger partial charge in [0.05, 0.1) is 11.6 Å². The highest BCUT2D eigenvalue weighted by Crippen LogP contribution is 2.25. The third-order valence-electron chi connectivity index (χ3n) is 3.24.